The van der Waals surface area contributed by atoms with Crippen molar-refractivity contribution in [3.63, 3.8) is 0 Å². The fourth-order valence-electron chi connectivity index (χ4n) is 3.96. The number of ether oxygens (including phenoxy) is 1. The molecule has 4 heterocycles. The van der Waals surface area contributed by atoms with Crippen molar-refractivity contribution in [2.45, 2.75) is 13.1 Å². The largest absolute Gasteiger partial charge is 0.504 e. The van der Waals surface area contributed by atoms with Gasteiger partial charge in [-0.2, -0.15) is 0 Å². The van der Waals surface area contributed by atoms with Crippen LogP contribution in [0, 0.1) is 11.6 Å². The third-order valence-electron chi connectivity index (χ3n) is 6.35. The molecule has 0 aliphatic rings. The Bertz CT molecular complexity index is 1960. The predicted molar refractivity (Wildman–Crippen MR) is 166 cm³/mol. The minimum atomic E-state index is -0.681. The molecule has 0 fully saturated rings. The Kier molecular flexibility index (Phi) is 11.1. The normalized spacial score (nSPS) is 10.3. The molecule has 0 saturated heterocycles. The fourth-order valence-corrected chi connectivity index (χ4v) is 3.96. The van der Waals surface area contributed by atoms with Crippen LogP contribution in [0.1, 0.15) is 32.1 Å². The lowest BCUT2D eigenvalue weighted by Gasteiger charge is -2.07. The van der Waals surface area contributed by atoms with Crippen LogP contribution in [-0.4, -0.2) is 49.1 Å². The number of fused-ring (bicyclic) bond motifs is 2. The molecule has 0 radical (unpaired) electrons. The second-order valence-corrected chi connectivity index (χ2v) is 9.42. The number of rotatable bonds is 5. The molecule has 0 aliphatic carbocycles. The first-order chi connectivity index (χ1) is 22.2. The first-order valence-electron chi connectivity index (χ1n) is 13.6. The maximum atomic E-state index is 12.8. The zero-order valence-corrected chi connectivity index (χ0v) is 24.4. The van der Waals surface area contributed by atoms with Gasteiger partial charge in [0.1, 0.15) is 22.7 Å². The molecule has 0 spiro atoms. The van der Waals surface area contributed by atoms with E-state index in [1.165, 1.54) is 56.2 Å². The number of nitrogens with zero attached hydrogens (tertiary/aromatic N) is 4. The first kappa shape index (κ1) is 32.8. The number of carbonyl (C=O) groups excluding carboxylic acids is 2. The Morgan fingerprint density at radius 3 is 1.72 bits per heavy atom. The summed E-state index contributed by atoms with van der Waals surface area (Å²) in [5.74, 6) is -2.26. The summed E-state index contributed by atoms with van der Waals surface area (Å²) in [5.41, 5.74) is 7.43. The molecule has 6 rings (SSSR count). The van der Waals surface area contributed by atoms with Crippen LogP contribution in [0.15, 0.2) is 97.6 Å². The molecular formula is C33H28F2N6O5. The van der Waals surface area contributed by atoms with Crippen molar-refractivity contribution >= 4 is 33.7 Å². The van der Waals surface area contributed by atoms with E-state index in [4.69, 9.17) is 5.73 Å². The van der Waals surface area contributed by atoms with Crippen molar-refractivity contribution in [1.82, 2.24) is 25.3 Å². The smallest absolute Gasteiger partial charge is 0.360 e. The number of pyridine rings is 4. The number of aromatic nitrogens is 4. The van der Waals surface area contributed by atoms with Gasteiger partial charge in [-0.25, -0.2) is 23.5 Å². The minimum Gasteiger partial charge on any atom is -0.504 e. The summed E-state index contributed by atoms with van der Waals surface area (Å²) in [4.78, 5) is 39.1. The molecule has 234 valence electrons. The number of halogens is 2. The average molecular weight is 627 g/mol. The molecule has 46 heavy (non-hydrogen) atoms. The zero-order valence-electron chi connectivity index (χ0n) is 24.4. The van der Waals surface area contributed by atoms with E-state index in [1.807, 2.05) is 0 Å². The van der Waals surface area contributed by atoms with E-state index >= 15 is 0 Å². The molecular weight excluding hydrogens is 598 g/mol. The molecule has 0 unspecified atom stereocenters. The molecule has 2 aromatic carbocycles. The summed E-state index contributed by atoms with van der Waals surface area (Å²) >= 11 is 0. The van der Waals surface area contributed by atoms with Gasteiger partial charge in [-0.15, -0.1) is 0 Å². The number of hydrogen-bond acceptors (Lipinski definition) is 10. The molecule has 0 saturated carbocycles. The molecule has 0 aliphatic heterocycles. The second kappa shape index (κ2) is 15.6. The van der Waals surface area contributed by atoms with Gasteiger partial charge in [0.15, 0.2) is 22.9 Å². The van der Waals surface area contributed by atoms with Gasteiger partial charge in [-0.1, -0.05) is 24.3 Å². The van der Waals surface area contributed by atoms with E-state index in [-0.39, 0.29) is 41.1 Å². The summed E-state index contributed by atoms with van der Waals surface area (Å²) < 4.78 is 29.5. The standard InChI is InChI=1S/C16H12FN3O2.C10H8N2O3.C7H8FN/c17-12-5-3-10(4-6-12)8-20-16(22)14-15(21)13-11(9-19-14)2-1-7-18-13;1-15-10(14)8-9(13)7-6(5-12-8)3-2-4-11-7;8-7-3-1-6(5-9)2-4-7/h1-7,9,21H,8H2,(H,20,22);2-5,13H,1H3;1-4H,5,9H2. The maximum Gasteiger partial charge on any atom is 0.360 e. The van der Waals surface area contributed by atoms with Crippen molar-refractivity contribution < 1.29 is 33.3 Å². The van der Waals surface area contributed by atoms with Gasteiger partial charge in [0.05, 0.1) is 7.11 Å². The highest BCUT2D eigenvalue weighted by atomic mass is 19.1. The first-order valence-corrected chi connectivity index (χ1v) is 13.6. The number of amides is 1. The van der Waals surface area contributed by atoms with E-state index in [9.17, 15) is 28.6 Å². The van der Waals surface area contributed by atoms with Gasteiger partial charge in [-0.3, -0.25) is 14.8 Å². The molecule has 0 atom stereocenters. The maximum absolute atomic E-state index is 12.8. The fraction of sp³-hybridized carbons (Fsp3) is 0.0909. The van der Waals surface area contributed by atoms with Crippen molar-refractivity contribution in [3.05, 3.63) is 132 Å². The number of methoxy groups -OCH3 is 1. The molecule has 4 aromatic heterocycles. The van der Waals surface area contributed by atoms with Gasteiger partial charge in [-0.05, 0) is 59.7 Å². The number of hydrogen-bond donors (Lipinski definition) is 4. The summed E-state index contributed by atoms with van der Waals surface area (Å²) in [7, 11) is 1.23. The van der Waals surface area contributed by atoms with Crippen LogP contribution in [0.2, 0.25) is 0 Å². The average Bonchev–Trinajstić information content (AvgIpc) is 3.09. The quantitative estimate of drug-likeness (QED) is 0.195. The number of aromatic hydroxyl groups is 2. The molecule has 5 N–H and O–H groups in total. The Labute approximate surface area is 261 Å². The minimum absolute atomic E-state index is 0.0895. The van der Waals surface area contributed by atoms with Crippen LogP contribution in [0.5, 0.6) is 11.5 Å². The van der Waals surface area contributed by atoms with Gasteiger partial charge in [0.25, 0.3) is 5.91 Å². The summed E-state index contributed by atoms with van der Waals surface area (Å²) in [5, 5.41) is 23.8. The third-order valence-corrected chi connectivity index (χ3v) is 6.35. The lowest BCUT2D eigenvalue weighted by molar-refractivity contribution is 0.0590. The molecule has 13 heteroatoms. The number of nitrogens with two attached hydrogens (primary N) is 1. The zero-order chi connectivity index (χ0) is 33.1. The summed E-state index contributed by atoms with van der Waals surface area (Å²) in [6, 6.07) is 18.9. The number of esters is 1. The Morgan fingerprint density at radius 2 is 1.22 bits per heavy atom. The van der Waals surface area contributed by atoms with Crippen molar-refractivity contribution in [2.24, 2.45) is 5.73 Å². The van der Waals surface area contributed by atoms with Crippen LogP contribution in [-0.2, 0) is 17.8 Å². The van der Waals surface area contributed by atoms with E-state index < -0.39 is 11.9 Å². The van der Waals surface area contributed by atoms with Crippen molar-refractivity contribution in [3.8, 4) is 11.5 Å². The van der Waals surface area contributed by atoms with E-state index in [0.29, 0.717) is 28.4 Å². The highest BCUT2D eigenvalue weighted by molar-refractivity contribution is 6.00. The van der Waals surface area contributed by atoms with Gasteiger partial charge in [0.2, 0.25) is 0 Å². The van der Waals surface area contributed by atoms with E-state index in [1.54, 1.807) is 48.5 Å². The molecule has 6 aromatic rings. The lowest BCUT2D eigenvalue weighted by atomic mass is 10.2. The van der Waals surface area contributed by atoms with Crippen molar-refractivity contribution in [1.29, 1.82) is 0 Å². The Morgan fingerprint density at radius 1 is 0.739 bits per heavy atom. The number of nitrogens with one attached hydrogen (secondary N) is 1. The van der Waals surface area contributed by atoms with Crippen LogP contribution in [0.25, 0.3) is 21.8 Å². The lowest BCUT2D eigenvalue weighted by Crippen LogP contribution is -2.24. The van der Waals surface area contributed by atoms with Crippen molar-refractivity contribution in [2.75, 3.05) is 7.11 Å². The van der Waals surface area contributed by atoms with Crippen LogP contribution in [0.3, 0.4) is 0 Å². The molecule has 11 nitrogen and oxygen atoms in total. The molecule has 1 amide bonds. The van der Waals surface area contributed by atoms with Gasteiger partial charge < -0.3 is 26.0 Å². The topological polar surface area (TPSA) is 173 Å². The SMILES string of the molecule is COC(=O)c1ncc2cccnc2c1O.NCc1ccc(F)cc1.O=C(NCc1ccc(F)cc1)c1ncc2cccnc2c1O. The Balaban J connectivity index is 0.000000172. The highest BCUT2D eigenvalue weighted by Crippen LogP contribution is 2.25. The third kappa shape index (κ3) is 8.30. The van der Waals surface area contributed by atoms with Gasteiger partial charge >= 0.3 is 5.97 Å². The Hall–Kier alpha value is -6.08. The van der Waals surface area contributed by atoms with Crippen LogP contribution in [0.4, 0.5) is 8.78 Å². The predicted octanol–water partition coefficient (Wildman–Crippen LogP) is 4.81. The van der Waals surface area contributed by atoms with E-state index in [2.05, 4.69) is 30.0 Å². The summed E-state index contributed by atoms with van der Waals surface area (Å²) in [6.07, 6.45) is 6.01. The summed E-state index contributed by atoms with van der Waals surface area (Å²) in [6.45, 7) is 0.681. The highest BCUT2D eigenvalue weighted by Gasteiger charge is 2.17. The van der Waals surface area contributed by atoms with Crippen LogP contribution < -0.4 is 11.1 Å². The monoisotopic (exact) mass is 626 g/mol. The van der Waals surface area contributed by atoms with Gasteiger partial charge in [0, 0.05) is 48.6 Å². The van der Waals surface area contributed by atoms with E-state index in [0.717, 1.165) is 11.1 Å². The number of benzene rings is 2. The van der Waals surface area contributed by atoms with Crippen LogP contribution >= 0.6 is 0 Å². The molecule has 0 bridgehead atoms. The second-order valence-electron chi connectivity index (χ2n) is 9.42. The number of carbonyl (C=O) groups is 2.